The summed E-state index contributed by atoms with van der Waals surface area (Å²) in [6.45, 7) is 5.38. The van der Waals surface area contributed by atoms with Crippen molar-refractivity contribution in [1.29, 1.82) is 0 Å². The van der Waals surface area contributed by atoms with Gasteiger partial charge in [0.15, 0.2) is 5.16 Å². The lowest BCUT2D eigenvalue weighted by molar-refractivity contribution is -0.126. The van der Waals surface area contributed by atoms with Crippen molar-refractivity contribution < 1.29 is 9.59 Å². The Labute approximate surface area is 156 Å². The lowest BCUT2D eigenvalue weighted by atomic mass is 9.96. The Morgan fingerprint density at radius 3 is 2.81 bits per heavy atom. The van der Waals surface area contributed by atoms with Gasteiger partial charge in [0.1, 0.15) is 11.9 Å². The number of rotatable bonds is 4. The third-order valence-corrected chi connectivity index (χ3v) is 5.90. The molecule has 0 saturated heterocycles. The maximum atomic E-state index is 13.3. The highest BCUT2D eigenvalue weighted by atomic mass is 32.2. The van der Waals surface area contributed by atoms with Crippen LogP contribution < -0.4 is 10.2 Å². The molecule has 1 N–H and O–H groups in total. The Morgan fingerprint density at radius 1 is 1.35 bits per heavy atom. The molecule has 8 heteroatoms. The molecule has 0 radical (unpaired) electrons. The molecule has 2 aliphatic rings. The van der Waals surface area contributed by atoms with E-state index in [1.165, 1.54) is 11.8 Å². The van der Waals surface area contributed by atoms with E-state index in [0.29, 0.717) is 11.7 Å². The molecule has 2 heterocycles. The third-order valence-electron chi connectivity index (χ3n) is 4.84. The molecule has 0 unspecified atom stereocenters. The largest absolute Gasteiger partial charge is 0.322 e. The van der Waals surface area contributed by atoms with Crippen molar-refractivity contribution in [3.8, 4) is 0 Å². The Kier molecular flexibility index (Phi) is 4.02. The van der Waals surface area contributed by atoms with Crippen molar-refractivity contribution in [3.63, 3.8) is 0 Å². The first kappa shape index (κ1) is 17.1. The summed E-state index contributed by atoms with van der Waals surface area (Å²) in [7, 11) is 0. The smallest absolute Gasteiger partial charge is 0.250 e. The number of anilines is 2. The van der Waals surface area contributed by atoms with Gasteiger partial charge in [-0.2, -0.15) is 0 Å². The van der Waals surface area contributed by atoms with Gasteiger partial charge in [0.05, 0.1) is 16.6 Å². The molecule has 7 nitrogen and oxygen atoms in total. The number of nitrogens with zero attached hydrogens (tertiary/aromatic N) is 4. The van der Waals surface area contributed by atoms with Crippen LogP contribution in [0, 0.1) is 0 Å². The summed E-state index contributed by atoms with van der Waals surface area (Å²) in [5.74, 6) is -0.310. The standard InChI is InChI=1S/C18H21N5O2S/c1-11(26-17-21-19-10-22(17)12-8-9-12)15(24)23-14-7-5-4-6-13(14)20-16(25)18(23,2)3/h4-7,10-12H,8-9H2,1-3H3,(H,20,25)/t11-/m1/s1. The summed E-state index contributed by atoms with van der Waals surface area (Å²) in [6.07, 6.45) is 3.98. The highest BCUT2D eigenvalue weighted by molar-refractivity contribution is 8.00. The molecule has 0 bridgehead atoms. The van der Waals surface area contributed by atoms with E-state index in [2.05, 4.69) is 15.5 Å². The molecule has 1 atom stereocenters. The van der Waals surface area contributed by atoms with Gasteiger partial charge in [-0.1, -0.05) is 23.9 Å². The van der Waals surface area contributed by atoms with Gasteiger partial charge in [0, 0.05) is 6.04 Å². The fourth-order valence-electron chi connectivity index (χ4n) is 3.16. The monoisotopic (exact) mass is 371 g/mol. The summed E-state index contributed by atoms with van der Waals surface area (Å²) in [4.78, 5) is 27.5. The summed E-state index contributed by atoms with van der Waals surface area (Å²) >= 11 is 1.39. The number of para-hydroxylation sites is 2. The molecule has 1 aromatic heterocycles. The molecular weight excluding hydrogens is 350 g/mol. The minimum Gasteiger partial charge on any atom is -0.322 e. The number of nitrogens with one attached hydrogen (secondary N) is 1. The summed E-state index contributed by atoms with van der Waals surface area (Å²) in [6, 6.07) is 7.83. The number of benzene rings is 1. The highest BCUT2D eigenvalue weighted by Gasteiger charge is 2.45. The van der Waals surface area contributed by atoms with Gasteiger partial charge >= 0.3 is 0 Å². The van der Waals surface area contributed by atoms with Crippen LogP contribution in [0.15, 0.2) is 35.7 Å². The number of amides is 2. The van der Waals surface area contributed by atoms with Gasteiger partial charge in [-0.05, 0) is 45.7 Å². The molecule has 1 aliphatic heterocycles. The van der Waals surface area contributed by atoms with E-state index in [1.54, 1.807) is 25.1 Å². The van der Waals surface area contributed by atoms with Crippen molar-refractivity contribution in [2.45, 2.75) is 55.6 Å². The lowest BCUT2D eigenvalue weighted by Crippen LogP contribution is -2.60. The topological polar surface area (TPSA) is 80.1 Å². The number of fused-ring (bicyclic) bond motifs is 1. The van der Waals surface area contributed by atoms with Crippen LogP contribution in [0.25, 0.3) is 0 Å². The fraction of sp³-hybridized carbons (Fsp3) is 0.444. The van der Waals surface area contributed by atoms with Crippen LogP contribution in [0.5, 0.6) is 0 Å². The number of thioether (sulfide) groups is 1. The zero-order valence-corrected chi connectivity index (χ0v) is 15.8. The van der Waals surface area contributed by atoms with Crippen LogP contribution >= 0.6 is 11.8 Å². The normalized spacial score (nSPS) is 19.7. The van der Waals surface area contributed by atoms with E-state index in [1.807, 2.05) is 35.8 Å². The van der Waals surface area contributed by atoms with E-state index in [4.69, 9.17) is 0 Å². The second-order valence-corrected chi connectivity index (χ2v) is 8.52. The number of carbonyl (C=O) groups excluding carboxylic acids is 2. The zero-order valence-electron chi connectivity index (χ0n) is 15.0. The molecule has 2 amide bonds. The van der Waals surface area contributed by atoms with Crippen LogP contribution in [-0.2, 0) is 9.59 Å². The molecule has 1 fully saturated rings. The highest BCUT2D eigenvalue weighted by Crippen LogP contribution is 2.40. The second kappa shape index (κ2) is 6.12. The van der Waals surface area contributed by atoms with E-state index in [0.717, 1.165) is 23.7 Å². The van der Waals surface area contributed by atoms with Crippen LogP contribution in [0.4, 0.5) is 11.4 Å². The van der Waals surface area contributed by atoms with E-state index >= 15 is 0 Å². The van der Waals surface area contributed by atoms with Gasteiger partial charge in [0.2, 0.25) is 11.8 Å². The van der Waals surface area contributed by atoms with Gasteiger partial charge < -0.3 is 9.88 Å². The Morgan fingerprint density at radius 2 is 2.08 bits per heavy atom. The van der Waals surface area contributed by atoms with Crippen LogP contribution in [0.2, 0.25) is 0 Å². The van der Waals surface area contributed by atoms with Crippen LogP contribution in [0.3, 0.4) is 0 Å². The minimum absolute atomic E-state index is 0.118. The number of aromatic nitrogens is 3. The Bertz CT molecular complexity index is 874. The quantitative estimate of drug-likeness (QED) is 0.836. The van der Waals surface area contributed by atoms with Crippen LogP contribution in [0.1, 0.15) is 39.7 Å². The van der Waals surface area contributed by atoms with Gasteiger partial charge in [-0.3, -0.25) is 14.5 Å². The maximum absolute atomic E-state index is 13.3. The van der Waals surface area contributed by atoms with Crippen molar-refractivity contribution in [2.24, 2.45) is 0 Å². The summed E-state index contributed by atoms with van der Waals surface area (Å²) in [5, 5.41) is 11.4. The Hall–Kier alpha value is -2.35. The lowest BCUT2D eigenvalue weighted by Gasteiger charge is -2.43. The third kappa shape index (κ3) is 2.78. The number of carbonyl (C=O) groups is 2. The molecule has 1 saturated carbocycles. The van der Waals surface area contributed by atoms with Gasteiger partial charge in [0.25, 0.3) is 0 Å². The van der Waals surface area contributed by atoms with Crippen molar-refractivity contribution >= 4 is 35.0 Å². The van der Waals surface area contributed by atoms with Gasteiger partial charge in [-0.25, -0.2) is 0 Å². The molecule has 136 valence electrons. The minimum atomic E-state index is -0.968. The van der Waals surface area contributed by atoms with Crippen molar-refractivity contribution in [3.05, 3.63) is 30.6 Å². The van der Waals surface area contributed by atoms with Crippen molar-refractivity contribution in [2.75, 3.05) is 10.2 Å². The SMILES string of the molecule is C[C@@H](Sc1nncn1C1CC1)C(=O)N1c2ccccc2NC(=O)C1(C)C. The predicted molar refractivity (Wildman–Crippen MR) is 100 cm³/mol. The number of hydrogen-bond donors (Lipinski definition) is 1. The first-order valence-corrected chi connectivity index (χ1v) is 9.58. The van der Waals surface area contributed by atoms with E-state index in [9.17, 15) is 9.59 Å². The first-order chi connectivity index (χ1) is 12.4. The van der Waals surface area contributed by atoms with Crippen molar-refractivity contribution in [1.82, 2.24) is 14.8 Å². The number of hydrogen-bond acceptors (Lipinski definition) is 5. The summed E-state index contributed by atoms with van der Waals surface area (Å²) < 4.78 is 2.04. The molecule has 0 spiro atoms. The zero-order chi connectivity index (χ0) is 18.5. The van der Waals surface area contributed by atoms with E-state index in [-0.39, 0.29) is 11.8 Å². The second-order valence-electron chi connectivity index (χ2n) is 7.22. The molecule has 2 aromatic rings. The van der Waals surface area contributed by atoms with Crippen LogP contribution in [-0.4, -0.2) is 37.4 Å². The molecular formula is C18H21N5O2S. The average Bonchev–Trinajstić information content (AvgIpc) is 3.35. The maximum Gasteiger partial charge on any atom is 0.250 e. The van der Waals surface area contributed by atoms with Gasteiger partial charge in [-0.15, -0.1) is 10.2 Å². The molecule has 1 aromatic carbocycles. The summed E-state index contributed by atoms with van der Waals surface area (Å²) in [5.41, 5.74) is 0.409. The van der Waals surface area contributed by atoms with E-state index < -0.39 is 10.8 Å². The average molecular weight is 371 g/mol. The molecule has 26 heavy (non-hydrogen) atoms. The fourth-order valence-corrected chi connectivity index (χ4v) is 4.09. The molecule has 4 rings (SSSR count). The predicted octanol–water partition coefficient (Wildman–Crippen LogP) is 2.86. The first-order valence-electron chi connectivity index (χ1n) is 8.70. The Balaban J connectivity index is 1.63. The molecule has 1 aliphatic carbocycles.